The van der Waals surface area contributed by atoms with E-state index in [9.17, 15) is 18.0 Å². The molecule has 0 unspecified atom stereocenters. The van der Waals surface area contributed by atoms with Crippen LogP contribution in [0.1, 0.15) is 16.1 Å². The van der Waals surface area contributed by atoms with Crippen LogP contribution < -0.4 is 5.32 Å². The second kappa shape index (κ2) is 6.14. The fourth-order valence-electron chi connectivity index (χ4n) is 2.10. The number of rotatable bonds is 2. The van der Waals surface area contributed by atoms with Gasteiger partial charge in [-0.2, -0.15) is 13.2 Å². The predicted molar refractivity (Wildman–Crippen MR) is 88.3 cm³/mol. The number of hydrogen-bond acceptors (Lipinski definition) is 2. The van der Waals surface area contributed by atoms with Gasteiger partial charge in [-0.15, -0.1) is 0 Å². The molecule has 0 bridgehead atoms. The molecule has 0 radical (unpaired) electrons. The number of amides is 1. The molecule has 0 aliphatic carbocycles. The van der Waals surface area contributed by atoms with E-state index >= 15 is 0 Å². The van der Waals surface area contributed by atoms with Crippen molar-refractivity contribution in [2.75, 3.05) is 5.32 Å². The number of nitrogens with one attached hydrogen (secondary N) is 1. The van der Waals surface area contributed by atoms with Crippen LogP contribution in [0.4, 0.5) is 18.9 Å². The highest BCUT2D eigenvalue weighted by molar-refractivity contribution is 9.10. The highest BCUT2D eigenvalue weighted by Crippen LogP contribution is 2.34. The summed E-state index contributed by atoms with van der Waals surface area (Å²) >= 11 is 9.14. The van der Waals surface area contributed by atoms with Crippen LogP contribution in [-0.4, -0.2) is 5.91 Å². The minimum atomic E-state index is -4.53. The molecule has 0 aliphatic heterocycles. The van der Waals surface area contributed by atoms with Crippen molar-refractivity contribution < 1.29 is 22.4 Å². The van der Waals surface area contributed by atoms with Crippen LogP contribution in [0.15, 0.2) is 51.4 Å². The van der Waals surface area contributed by atoms with Gasteiger partial charge in [0.05, 0.1) is 16.3 Å². The van der Waals surface area contributed by atoms with Crippen molar-refractivity contribution in [2.45, 2.75) is 6.18 Å². The third-order valence-corrected chi connectivity index (χ3v) is 4.07. The van der Waals surface area contributed by atoms with E-state index in [1.165, 1.54) is 6.07 Å². The van der Waals surface area contributed by atoms with E-state index in [-0.39, 0.29) is 16.5 Å². The van der Waals surface area contributed by atoms with Gasteiger partial charge < -0.3 is 9.73 Å². The van der Waals surface area contributed by atoms with Gasteiger partial charge in [0.2, 0.25) is 0 Å². The first-order valence-corrected chi connectivity index (χ1v) is 7.78. The quantitative estimate of drug-likeness (QED) is 0.545. The number of anilines is 1. The second-order valence-corrected chi connectivity index (χ2v) is 6.26. The standard InChI is InChI=1S/C16H8BrClF3NO2/c17-10-3-1-8-5-14(24-13(8)7-10)15(23)22-12-6-9(16(19,20)21)2-4-11(12)18/h1-7H,(H,22,23). The van der Waals surface area contributed by atoms with Gasteiger partial charge in [0, 0.05) is 9.86 Å². The highest BCUT2D eigenvalue weighted by atomic mass is 79.9. The third kappa shape index (κ3) is 3.42. The van der Waals surface area contributed by atoms with E-state index in [1.807, 2.05) is 0 Å². The van der Waals surface area contributed by atoms with Crippen molar-refractivity contribution in [1.29, 1.82) is 0 Å². The topological polar surface area (TPSA) is 42.2 Å². The summed E-state index contributed by atoms with van der Waals surface area (Å²) in [4.78, 5) is 12.2. The van der Waals surface area contributed by atoms with Crippen LogP contribution in [0.25, 0.3) is 11.0 Å². The molecule has 0 fully saturated rings. The molecule has 24 heavy (non-hydrogen) atoms. The molecule has 8 heteroatoms. The van der Waals surface area contributed by atoms with Crippen LogP contribution in [0.3, 0.4) is 0 Å². The number of carbonyl (C=O) groups is 1. The average molecular weight is 419 g/mol. The zero-order valence-corrected chi connectivity index (χ0v) is 14.1. The summed E-state index contributed by atoms with van der Waals surface area (Å²) in [5.74, 6) is -0.722. The van der Waals surface area contributed by atoms with Crippen molar-refractivity contribution in [3.63, 3.8) is 0 Å². The van der Waals surface area contributed by atoms with Gasteiger partial charge in [-0.25, -0.2) is 0 Å². The Bertz CT molecular complexity index is 937. The zero-order valence-electron chi connectivity index (χ0n) is 11.7. The van der Waals surface area contributed by atoms with Crippen LogP contribution in [0, 0.1) is 0 Å². The summed E-state index contributed by atoms with van der Waals surface area (Å²) in [6.07, 6.45) is -4.53. The molecule has 3 rings (SSSR count). The van der Waals surface area contributed by atoms with Gasteiger partial charge in [-0.1, -0.05) is 27.5 Å². The fourth-order valence-corrected chi connectivity index (χ4v) is 2.60. The van der Waals surface area contributed by atoms with Gasteiger partial charge in [0.1, 0.15) is 5.58 Å². The first kappa shape index (κ1) is 16.9. The van der Waals surface area contributed by atoms with E-state index in [4.69, 9.17) is 16.0 Å². The second-order valence-electron chi connectivity index (χ2n) is 4.94. The Morgan fingerprint density at radius 2 is 1.88 bits per heavy atom. The summed E-state index contributed by atoms with van der Waals surface area (Å²) in [7, 11) is 0. The van der Waals surface area contributed by atoms with Gasteiger partial charge >= 0.3 is 6.18 Å². The number of furan rings is 1. The molecule has 0 saturated carbocycles. The van der Waals surface area contributed by atoms with E-state index in [0.29, 0.717) is 11.0 Å². The van der Waals surface area contributed by atoms with E-state index in [0.717, 1.165) is 22.7 Å². The lowest BCUT2D eigenvalue weighted by Gasteiger charge is -2.10. The molecule has 124 valence electrons. The number of hydrogen-bond donors (Lipinski definition) is 1. The predicted octanol–water partition coefficient (Wildman–Crippen LogP) is 6.12. The Hall–Kier alpha value is -1.99. The molecule has 0 spiro atoms. The maximum atomic E-state index is 12.8. The molecule has 0 atom stereocenters. The van der Waals surface area contributed by atoms with E-state index < -0.39 is 17.6 Å². The number of alkyl halides is 3. The Labute approximate surface area is 147 Å². The smallest absolute Gasteiger partial charge is 0.416 e. The molecule has 2 aromatic carbocycles. The minimum absolute atomic E-state index is 0.00444. The summed E-state index contributed by atoms with van der Waals surface area (Å²) in [6, 6.07) is 9.41. The molecule has 3 nitrogen and oxygen atoms in total. The van der Waals surface area contributed by atoms with Crippen LogP contribution in [0.2, 0.25) is 5.02 Å². The highest BCUT2D eigenvalue weighted by Gasteiger charge is 2.31. The maximum absolute atomic E-state index is 12.8. The van der Waals surface area contributed by atoms with Gasteiger partial charge in [-0.3, -0.25) is 4.79 Å². The number of carbonyl (C=O) groups excluding carboxylic acids is 1. The lowest BCUT2D eigenvalue weighted by Crippen LogP contribution is -2.13. The van der Waals surface area contributed by atoms with Gasteiger partial charge in [-0.05, 0) is 42.5 Å². The summed E-state index contributed by atoms with van der Waals surface area (Å²) in [6.45, 7) is 0. The Kier molecular flexibility index (Phi) is 4.31. The van der Waals surface area contributed by atoms with Crippen molar-refractivity contribution in [2.24, 2.45) is 0 Å². The lowest BCUT2D eigenvalue weighted by atomic mass is 10.2. The molecule has 0 saturated heterocycles. The molecule has 1 heterocycles. The van der Waals surface area contributed by atoms with E-state index in [2.05, 4.69) is 21.2 Å². The van der Waals surface area contributed by atoms with Crippen molar-refractivity contribution >= 4 is 50.1 Å². The Morgan fingerprint density at radius 3 is 2.58 bits per heavy atom. The first-order valence-electron chi connectivity index (χ1n) is 6.61. The Balaban J connectivity index is 1.91. The molecule has 1 amide bonds. The summed E-state index contributed by atoms with van der Waals surface area (Å²) in [5, 5.41) is 3.03. The van der Waals surface area contributed by atoms with Crippen LogP contribution >= 0.6 is 27.5 Å². The molecule has 1 aromatic heterocycles. The Morgan fingerprint density at radius 1 is 1.12 bits per heavy atom. The minimum Gasteiger partial charge on any atom is -0.451 e. The molecular weight excluding hydrogens is 411 g/mol. The average Bonchev–Trinajstić information content (AvgIpc) is 2.91. The van der Waals surface area contributed by atoms with Gasteiger partial charge in [0.25, 0.3) is 5.91 Å². The van der Waals surface area contributed by atoms with E-state index in [1.54, 1.807) is 18.2 Å². The maximum Gasteiger partial charge on any atom is 0.416 e. The molecule has 1 N–H and O–H groups in total. The number of benzene rings is 2. The molecule has 3 aromatic rings. The summed E-state index contributed by atoms with van der Waals surface area (Å²) < 4.78 is 44.5. The lowest BCUT2D eigenvalue weighted by molar-refractivity contribution is -0.137. The van der Waals surface area contributed by atoms with Crippen molar-refractivity contribution in [3.8, 4) is 0 Å². The summed E-state index contributed by atoms with van der Waals surface area (Å²) in [5.41, 5.74) is -0.571. The first-order chi connectivity index (χ1) is 11.2. The third-order valence-electron chi connectivity index (χ3n) is 3.25. The monoisotopic (exact) mass is 417 g/mol. The van der Waals surface area contributed by atoms with Crippen LogP contribution in [-0.2, 0) is 6.18 Å². The zero-order chi connectivity index (χ0) is 17.5. The number of fused-ring (bicyclic) bond motifs is 1. The SMILES string of the molecule is O=C(Nc1cc(C(F)(F)F)ccc1Cl)c1cc2ccc(Br)cc2o1. The molecule has 0 aliphatic rings. The fraction of sp³-hybridized carbons (Fsp3) is 0.0625. The number of halogens is 5. The largest absolute Gasteiger partial charge is 0.451 e. The van der Waals surface area contributed by atoms with Crippen molar-refractivity contribution in [1.82, 2.24) is 0 Å². The molecular formula is C16H8BrClF3NO2. The van der Waals surface area contributed by atoms with Crippen LogP contribution in [0.5, 0.6) is 0 Å². The normalized spacial score (nSPS) is 11.7. The van der Waals surface area contributed by atoms with Crippen molar-refractivity contribution in [3.05, 3.63) is 63.3 Å². The van der Waals surface area contributed by atoms with Gasteiger partial charge in [0.15, 0.2) is 5.76 Å².